The Labute approximate surface area is 151 Å². The first-order valence-electron chi connectivity index (χ1n) is 8.45. The monoisotopic (exact) mass is 350 g/mol. The van der Waals surface area contributed by atoms with Crippen molar-refractivity contribution < 1.29 is 13.9 Å². The summed E-state index contributed by atoms with van der Waals surface area (Å²) < 4.78 is 18.6. The lowest BCUT2D eigenvalue weighted by Gasteiger charge is -2.08. The van der Waals surface area contributed by atoms with E-state index in [0.717, 1.165) is 12.0 Å². The van der Waals surface area contributed by atoms with Crippen molar-refractivity contribution in [2.24, 2.45) is 0 Å². The summed E-state index contributed by atoms with van der Waals surface area (Å²) in [4.78, 5) is 16.5. The summed E-state index contributed by atoms with van der Waals surface area (Å²) in [5.41, 5.74) is 1.98. The second kappa shape index (κ2) is 8.25. The van der Waals surface area contributed by atoms with Gasteiger partial charge < -0.3 is 10.1 Å². The van der Waals surface area contributed by atoms with Crippen LogP contribution in [0.15, 0.2) is 66.7 Å². The SMILES string of the molecule is CCCNC(=O)c1cccc(-c2ccc(Oc3ccc(F)cc3)cc2)n1. The third-order valence-electron chi connectivity index (χ3n) is 3.72. The Morgan fingerprint density at radius 1 is 1.00 bits per heavy atom. The van der Waals surface area contributed by atoms with Crippen molar-refractivity contribution in [3.8, 4) is 22.8 Å². The van der Waals surface area contributed by atoms with Crippen LogP contribution < -0.4 is 10.1 Å². The van der Waals surface area contributed by atoms with Crippen LogP contribution >= 0.6 is 0 Å². The lowest BCUT2D eigenvalue weighted by Crippen LogP contribution is -2.24. The quantitative estimate of drug-likeness (QED) is 0.693. The Hall–Kier alpha value is -3.21. The van der Waals surface area contributed by atoms with Gasteiger partial charge in [-0.25, -0.2) is 9.37 Å². The predicted octanol–water partition coefficient (Wildman–Crippen LogP) is 4.82. The fraction of sp³-hybridized carbons (Fsp3) is 0.143. The fourth-order valence-electron chi connectivity index (χ4n) is 2.38. The van der Waals surface area contributed by atoms with Crippen LogP contribution in [0.4, 0.5) is 4.39 Å². The molecule has 0 spiro atoms. The molecule has 0 bridgehead atoms. The van der Waals surface area contributed by atoms with E-state index in [1.807, 2.05) is 43.3 Å². The van der Waals surface area contributed by atoms with Gasteiger partial charge in [-0.3, -0.25) is 4.79 Å². The number of halogens is 1. The molecule has 1 N–H and O–H groups in total. The summed E-state index contributed by atoms with van der Waals surface area (Å²) >= 11 is 0. The van der Waals surface area contributed by atoms with Gasteiger partial charge >= 0.3 is 0 Å². The Morgan fingerprint density at radius 3 is 2.31 bits per heavy atom. The minimum atomic E-state index is -0.304. The van der Waals surface area contributed by atoms with Crippen molar-refractivity contribution in [2.75, 3.05) is 6.54 Å². The molecular weight excluding hydrogens is 331 g/mol. The van der Waals surface area contributed by atoms with E-state index in [1.54, 1.807) is 18.2 Å². The molecule has 1 amide bonds. The van der Waals surface area contributed by atoms with Crippen molar-refractivity contribution >= 4 is 5.91 Å². The molecule has 0 aliphatic carbocycles. The van der Waals surface area contributed by atoms with E-state index >= 15 is 0 Å². The average Bonchev–Trinajstić information content (AvgIpc) is 2.68. The minimum absolute atomic E-state index is 0.176. The molecule has 5 heteroatoms. The molecule has 26 heavy (non-hydrogen) atoms. The first-order chi connectivity index (χ1) is 12.7. The summed E-state index contributed by atoms with van der Waals surface area (Å²) in [7, 11) is 0. The van der Waals surface area contributed by atoms with E-state index in [0.29, 0.717) is 29.4 Å². The Kier molecular flexibility index (Phi) is 5.59. The van der Waals surface area contributed by atoms with Gasteiger partial charge in [-0.05, 0) is 67.1 Å². The van der Waals surface area contributed by atoms with Crippen molar-refractivity contribution in [3.63, 3.8) is 0 Å². The van der Waals surface area contributed by atoms with Crippen molar-refractivity contribution in [3.05, 3.63) is 78.2 Å². The van der Waals surface area contributed by atoms with E-state index in [4.69, 9.17) is 4.74 Å². The molecule has 0 aliphatic heterocycles. The normalized spacial score (nSPS) is 10.4. The van der Waals surface area contributed by atoms with E-state index < -0.39 is 0 Å². The second-order valence-electron chi connectivity index (χ2n) is 5.74. The number of amides is 1. The first kappa shape index (κ1) is 17.6. The highest BCUT2D eigenvalue weighted by molar-refractivity contribution is 5.92. The van der Waals surface area contributed by atoms with Crippen LogP contribution in [0, 0.1) is 5.82 Å². The van der Waals surface area contributed by atoms with Crippen LogP contribution in [0.25, 0.3) is 11.3 Å². The minimum Gasteiger partial charge on any atom is -0.457 e. The number of carbonyl (C=O) groups excluding carboxylic acids is 1. The molecule has 0 saturated heterocycles. The molecule has 132 valence electrons. The average molecular weight is 350 g/mol. The number of hydrogen-bond acceptors (Lipinski definition) is 3. The van der Waals surface area contributed by atoms with Crippen LogP contribution in [-0.4, -0.2) is 17.4 Å². The predicted molar refractivity (Wildman–Crippen MR) is 98.8 cm³/mol. The number of benzene rings is 2. The summed E-state index contributed by atoms with van der Waals surface area (Å²) in [6.07, 6.45) is 0.876. The number of rotatable bonds is 6. The number of nitrogens with one attached hydrogen (secondary N) is 1. The van der Waals surface area contributed by atoms with Gasteiger partial charge in [-0.2, -0.15) is 0 Å². The van der Waals surface area contributed by atoms with Gasteiger partial charge in [0, 0.05) is 12.1 Å². The van der Waals surface area contributed by atoms with Crippen LogP contribution in [0.1, 0.15) is 23.8 Å². The first-order valence-corrected chi connectivity index (χ1v) is 8.45. The fourth-order valence-corrected chi connectivity index (χ4v) is 2.38. The third-order valence-corrected chi connectivity index (χ3v) is 3.72. The molecule has 3 rings (SSSR count). The summed E-state index contributed by atoms with van der Waals surface area (Å²) in [6.45, 7) is 2.62. The smallest absolute Gasteiger partial charge is 0.269 e. The van der Waals surface area contributed by atoms with Gasteiger partial charge in [0.2, 0.25) is 0 Å². The van der Waals surface area contributed by atoms with Gasteiger partial charge in [0.25, 0.3) is 5.91 Å². The number of ether oxygens (including phenoxy) is 1. The maximum atomic E-state index is 12.9. The van der Waals surface area contributed by atoms with E-state index in [-0.39, 0.29) is 11.7 Å². The Balaban J connectivity index is 1.74. The lowest BCUT2D eigenvalue weighted by molar-refractivity contribution is 0.0949. The number of carbonyl (C=O) groups is 1. The van der Waals surface area contributed by atoms with Gasteiger partial charge in [0.05, 0.1) is 5.69 Å². The molecule has 2 aromatic carbocycles. The maximum absolute atomic E-state index is 12.9. The molecule has 0 saturated carbocycles. The molecular formula is C21H19FN2O2. The Morgan fingerprint density at radius 2 is 1.65 bits per heavy atom. The van der Waals surface area contributed by atoms with Gasteiger partial charge in [0.1, 0.15) is 23.0 Å². The zero-order valence-electron chi connectivity index (χ0n) is 14.4. The molecule has 0 fully saturated rings. The van der Waals surface area contributed by atoms with Gasteiger partial charge in [-0.1, -0.05) is 13.0 Å². The molecule has 1 aromatic heterocycles. The third kappa shape index (κ3) is 4.45. The van der Waals surface area contributed by atoms with E-state index in [1.165, 1.54) is 12.1 Å². The molecule has 1 heterocycles. The number of pyridine rings is 1. The number of aromatic nitrogens is 1. The van der Waals surface area contributed by atoms with E-state index in [9.17, 15) is 9.18 Å². The topological polar surface area (TPSA) is 51.2 Å². The molecule has 0 aliphatic rings. The molecule has 0 radical (unpaired) electrons. The van der Waals surface area contributed by atoms with Crippen LogP contribution in [0.2, 0.25) is 0 Å². The maximum Gasteiger partial charge on any atom is 0.269 e. The summed E-state index contributed by atoms with van der Waals surface area (Å²) in [5.74, 6) is 0.718. The van der Waals surface area contributed by atoms with Crippen LogP contribution in [0.3, 0.4) is 0 Å². The molecule has 4 nitrogen and oxygen atoms in total. The second-order valence-corrected chi connectivity index (χ2v) is 5.74. The lowest BCUT2D eigenvalue weighted by atomic mass is 10.1. The van der Waals surface area contributed by atoms with E-state index in [2.05, 4.69) is 10.3 Å². The zero-order valence-corrected chi connectivity index (χ0v) is 14.4. The number of hydrogen-bond donors (Lipinski definition) is 1. The highest BCUT2D eigenvalue weighted by Gasteiger charge is 2.08. The molecule has 0 unspecified atom stereocenters. The van der Waals surface area contributed by atoms with Gasteiger partial charge in [-0.15, -0.1) is 0 Å². The standard InChI is InChI=1S/C21H19FN2O2/c1-2-14-23-21(25)20-5-3-4-19(24-20)15-6-10-17(11-7-15)26-18-12-8-16(22)9-13-18/h3-13H,2,14H2,1H3,(H,23,25). The van der Waals surface area contributed by atoms with Crippen molar-refractivity contribution in [1.29, 1.82) is 0 Å². The molecule has 3 aromatic rings. The zero-order chi connectivity index (χ0) is 18.4. The van der Waals surface area contributed by atoms with Crippen molar-refractivity contribution in [1.82, 2.24) is 10.3 Å². The number of nitrogens with zero attached hydrogens (tertiary/aromatic N) is 1. The molecule has 0 atom stereocenters. The highest BCUT2D eigenvalue weighted by atomic mass is 19.1. The summed E-state index contributed by atoms with van der Waals surface area (Å²) in [6, 6.07) is 18.6. The largest absolute Gasteiger partial charge is 0.457 e. The summed E-state index contributed by atoms with van der Waals surface area (Å²) in [5, 5.41) is 2.82. The van der Waals surface area contributed by atoms with Crippen LogP contribution in [0.5, 0.6) is 11.5 Å². The van der Waals surface area contributed by atoms with Gasteiger partial charge in [0.15, 0.2) is 0 Å². The van der Waals surface area contributed by atoms with Crippen LogP contribution in [-0.2, 0) is 0 Å². The Bertz CT molecular complexity index is 877. The highest BCUT2D eigenvalue weighted by Crippen LogP contribution is 2.25. The van der Waals surface area contributed by atoms with Crippen molar-refractivity contribution in [2.45, 2.75) is 13.3 Å².